The van der Waals surface area contributed by atoms with Crippen LogP contribution in [0.3, 0.4) is 0 Å². The maximum Gasteiger partial charge on any atom is 0.0744 e. The molecule has 0 aromatic rings. The predicted octanol–water partition coefficient (Wildman–Crippen LogP) is 5.36. The van der Waals surface area contributed by atoms with Crippen molar-refractivity contribution in [3.63, 3.8) is 0 Å². The monoisotopic (exact) mass is 256 g/mol. The summed E-state index contributed by atoms with van der Waals surface area (Å²) in [5.74, 6) is 0. The number of hydrogen-bond acceptors (Lipinski definition) is 3. The Bertz CT molecular complexity index is 52.2. The van der Waals surface area contributed by atoms with E-state index in [9.17, 15) is 0 Å². The van der Waals surface area contributed by atoms with Crippen molar-refractivity contribution in [1.82, 2.24) is 0 Å². The van der Waals surface area contributed by atoms with Gasteiger partial charge in [-0.05, 0) is 6.66 Å². The summed E-state index contributed by atoms with van der Waals surface area (Å²) in [6.45, 7) is 14.6. The van der Waals surface area contributed by atoms with E-state index in [0.29, 0.717) is 8.81 Å². The lowest BCUT2D eigenvalue weighted by Gasteiger charge is -1.90. The Kier molecular flexibility index (Phi) is 71.6. The van der Waals surface area contributed by atoms with E-state index >= 15 is 0 Å². The van der Waals surface area contributed by atoms with E-state index < -0.39 is 0 Å². The predicted molar refractivity (Wildman–Crippen MR) is 75.9 cm³/mol. The summed E-state index contributed by atoms with van der Waals surface area (Å²) in [7, 11) is 1.71. The Morgan fingerprint density at radius 3 is 1.19 bits per heavy atom. The minimum absolute atomic E-state index is 0.317. The van der Waals surface area contributed by atoms with Crippen LogP contribution in [-0.4, -0.2) is 13.8 Å². The quantitative estimate of drug-likeness (QED) is 0.287. The molecule has 3 nitrogen and oxygen atoms in total. The third-order valence-electron chi connectivity index (χ3n) is 1.19. The molecule has 0 heterocycles. The molecule has 0 aliphatic rings. The van der Waals surface area contributed by atoms with Crippen LogP contribution in [-0.2, 0) is 14.6 Å². The van der Waals surface area contributed by atoms with Crippen LogP contribution < -0.4 is 0 Å². The first-order chi connectivity index (χ1) is 7.74. The fourth-order valence-corrected chi connectivity index (χ4v) is 0.204. The zero-order chi connectivity index (χ0) is 13.7. The van der Waals surface area contributed by atoms with Gasteiger partial charge in [0.1, 0.15) is 0 Å². The van der Waals surface area contributed by atoms with E-state index in [1.54, 1.807) is 0 Å². The van der Waals surface area contributed by atoms with Crippen LogP contribution in [0.4, 0.5) is 0 Å². The molecule has 0 N–H and O–H groups in total. The third kappa shape index (κ3) is 89.9. The summed E-state index contributed by atoms with van der Waals surface area (Å²) in [6, 6.07) is 0. The van der Waals surface area contributed by atoms with Crippen LogP contribution >= 0.6 is 8.81 Å². The zero-order valence-electron chi connectivity index (χ0n) is 12.6. The van der Waals surface area contributed by atoms with Gasteiger partial charge < -0.3 is 0 Å². The van der Waals surface area contributed by atoms with Crippen LogP contribution in [0.2, 0.25) is 0 Å². The average molecular weight is 256 g/mol. The van der Waals surface area contributed by atoms with Gasteiger partial charge in [-0.1, -0.05) is 72.3 Å². The van der Waals surface area contributed by atoms with Crippen molar-refractivity contribution < 1.29 is 14.6 Å². The molecule has 0 amide bonds. The van der Waals surface area contributed by atoms with Gasteiger partial charge in [0, 0.05) is 0 Å². The molecule has 1 unspecified atom stereocenters. The van der Waals surface area contributed by atoms with Crippen LogP contribution in [0.25, 0.3) is 0 Å². The molecular weight excluding hydrogens is 223 g/mol. The van der Waals surface area contributed by atoms with Gasteiger partial charge in [-0.2, -0.15) is 4.67 Å². The van der Waals surface area contributed by atoms with E-state index in [0.717, 1.165) is 0 Å². The second-order valence-corrected chi connectivity index (χ2v) is 3.10. The van der Waals surface area contributed by atoms with E-state index in [2.05, 4.69) is 42.3 Å². The third-order valence-corrected chi connectivity index (χ3v) is 1.42. The highest BCUT2D eigenvalue weighted by atomic mass is 31.1. The van der Waals surface area contributed by atoms with E-state index in [-0.39, 0.29) is 0 Å². The van der Waals surface area contributed by atoms with E-state index in [4.69, 9.17) is 0 Å². The highest BCUT2D eigenvalue weighted by molar-refractivity contribution is 7.31. The molecule has 0 saturated carbocycles. The second-order valence-electron chi connectivity index (χ2n) is 2.52. The SMILES string of the molecule is CC.CCCC.CCCC.COOOPC. The molecule has 0 saturated heterocycles. The largest absolute Gasteiger partial charge is 0.209 e. The molecule has 16 heavy (non-hydrogen) atoms. The molecule has 0 spiro atoms. The minimum Gasteiger partial charge on any atom is -0.209 e. The van der Waals surface area contributed by atoms with Crippen molar-refractivity contribution in [3.05, 3.63) is 0 Å². The van der Waals surface area contributed by atoms with Gasteiger partial charge in [-0.25, -0.2) is 4.89 Å². The molecule has 1 atom stereocenters. The van der Waals surface area contributed by atoms with Crippen LogP contribution in [0.15, 0.2) is 0 Å². The zero-order valence-corrected chi connectivity index (χ0v) is 13.6. The Balaban J connectivity index is -0.0000000643. The van der Waals surface area contributed by atoms with Crippen molar-refractivity contribution in [3.8, 4) is 0 Å². The topological polar surface area (TPSA) is 27.7 Å². The standard InChI is InChI=1S/2C4H10.C2H7O3P.C2H6/c2*1-3-4-2;1-3-4-5-6-2;1-2/h2*3-4H2,1-2H3;6H,1-2H3;1-2H3. The highest BCUT2D eigenvalue weighted by Crippen LogP contribution is 2.02. The molecule has 0 aliphatic carbocycles. The summed E-state index contributed by atoms with van der Waals surface area (Å²) in [5, 5.41) is 3.99. The number of unbranched alkanes of at least 4 members (excludes halogenated alkanes) is 2. The molecule has 104 valence electrons. The summed E-state index contributed by atoms with van der Waals surface area (Å²) < 4.78 is 4.29. The highest BCUT2D eigenvalue weighted by Gasteiger charge is 1.72. The first-order valence-corrected chi connectivity index (χ1v) is 7.68. The Labute approximate surface area is 105 Å². The smallest absolute Gasteiger partial charge is 0.0744 e. The van der Waals surface area contributed by atoms with Gasteiger partial charge in [0.25, 0.3) is 0 Å². The molecule has 4 heteroatoms. The van der Waals surface area contributed by atoms with Gasteiger partial charge >= 0.3 is 0 Å². The molecule has 0 rings (SSSR count). The van der Waals surface area contributed by atoms with Gasteiger partial charge in [0.05, 0.1) is 15.9 Å². The van der Waals surface area contributed by atoms with Gasteiger partial charge in [-0.3, -0.25) is 0 Å². The summed E-state index contributed by atoms with van der Waals surface area (Å²) in [5.41, 5.74) is 0. The second kappa shape index (κ2) is 45.4. The lowest BCUT2D eigenvalue weighted by molar-refractivity contribution is -0.450. The summed E-state index contributed by atoms with van der Waals surface area (Å²) in [4.78, 5) is 4.07. The molecule has 0 aromatic carbocycles. The number of hydrogen-bond donors (Lipinski definition) is 0. The maximum atomic E-state index is 4.29. The Morgan fingerprint density at radius 2 is 1.12 bits per heavy atom. The minimum atomic E-state index is 0.317. The van der Waals surface area contributed by atoms with Crippen LogP contribution in [0.5, 0.6) is 0 Å². The molecule has 0 bridgehead atoms. The van der Waals surface area contributed by atoms with Crippen molar-refractivity contribution >= 4 is 8.81 Å². The Morgan fingerprint density at radius 1 is 0.812 bits per heavy atom. The van der Waals surface area contributed by atoms with E-state index in [1.807, 2.05) is 20.5 Å². The molecule has 0 aromatic heterocycles. The molecular formula is C12H33O3P. The average Bonchev–Trinajstić information content (AvgIpc) is 2.39. The van der Waals surface area contributed by atoms with Crippen LogP contribution in [0.1, 0.15) is 67.2 Å². The molecule has 0 aliphatic heterocycles. The van der Waals surface area contributed by atoms with Crippen molar-refractivity contribution in [2.24, 2.45) is 0 Å². The van der Waals surface area contributed by atoms with E-state index in [1.165, 1.54) is 32.8 Å². The van der Waals surface area contributed by atoms with Gasteiger partial charge in [0.2, 0.25) is 0 Å². The maximum absolute atomic E-state index is 4.29. The fourth-order valence-electron chi connectivity index (χ4n) is 0.0680. The molecule has 0 fully saturated rings. The first kappa shape index (κ1) is 25.2. The first-order valence-electron chi connectivity index (χ1n) is 6.27. The Hall–Kier alpha value is 0.310. The number of rotatable bonds is 5. The van der Waals surface area contributed by atoms with Gasteiger partial charge in [0.15, 0.2) is 0 Å². The van der Waals surface area contributed by atoms with Crippen molar-refractivity contribution in [2.45, 2.75) is 67.2 Å². The van der Waals surface area contributed by atoms with Crippen LogP contribution in [0, 0.1) is 0 Å². The van der Waals surface area contributed by atoms with Crippen molar-refractivity contribution in [1.29, 1.82) is 0 Å². The normalized spacial score (nSPS) is 8.25. The van der Waals surface area contributed by atoms with Crippen molar-refractivity contribution in [2.75, 3.05) is 13.8 Å². The van der Waals surface area contributed by atoms with Gasteiger partial charge in [-0.15, -0.1) is 0 Å². The molecule has 0 radical (unpaired) electrons. The fraction of sp³-hybridized carbons (Fsp3) is 1.00. The lowest BCUT2D eigenvalue weighted by Crippen LogP contribution is -1.79. The lowest BCUT2D eigenvalue weighted by atomic mass is 10.4. The summed E-state index contributed by atoms with van der Waals surface area (Å²) in [6.07, 6.45) is 5.28. The summed E-state index contributed by atoms with van der Waals surface area (Å²) >= 11 is 0.